The second kappa shape index (κ2) is 46.8. The molecule has 28 heteroatoms. The number of hydrogen-bond donors (Lipinski definition) is 8. The minimum atomic E-state index is -1.23. The number of carboxylic acids is 8. The molecule has 0 saturated carbocycles. The van der Waals surface area contributed by atoms with E-state index in [1.165, 1.54) is 0 Å². The molecule has 0 spiro atoms. The van der Waals surface area contributed by atoms with Crippen LogP contribution in [-0.4, -0.2) is 423 Å². The van der Waals surface area contributed by atoms with E-state index in [2.05, 4.69) is 0 Å². The van der Waals surface area contributed by atoms with Gasteiger partial charge in [-0.1, -0.05) is 0 Å². The van der Waals surface area contributed by atoms with E-state index in [1.54, 1.807) is 0 Å². The maximum atomic E-state index is 10.6. The van der Waals surface area contributed by atoms with Gasteiger partial charge in [0.15, 0.2) is 0 Å². The summed E-state index contributed by atoms with van der Waals surface area (Å²) in [5.41, 5.74) is 0. The monoisotopic (exact) mass is 776 g/mol. The molecule has 0 bridgehead atoms. The average Bonchev–Trinajstić information content (AvgIpc) is 2.72. The van der Waals surface area contributed by atoms with E-state index in [0.717, 1.165) is 19.6 Å². The Morgan fingerprint density at radius 2 is 0.333 bits per heavy atom. The molecule has 48 heavy (non-hydrogen) atoms. The van der Waals surface area contributed by atoms with E-state index in [1.807, 2.05) is 0 Å². The molecule has 0 fully saturated rings. The Morgan fingerprint density at radius 1 is 0.250 bits per heavy atom. The first-order chi connectivity index (χ1) is 18.4. The number of aliphatic carboxylic acids is 8. The zero-order valence-corrected chi connectivity index (χ0v) is 21.1. The molecule has 244 valence electrons. The van der Waals surface area contributed by atoms with Crippen LogP contribution in [0.25, 0.3) is 0 Å². The summed E-state index contributed by atoms with van der Waals surface area (Å²) in [6.07, 6.45) is 0. The van der Waals surface area contributed by atoms with E-state index in [9.17, 15) is 38.4 Å². The molecule has 0 atom stereocenters. The zero-order chi connectivity index (χ0) is 31.4. The van der Waals surface area contributed by atoms with E-state index in [0.29, 0.717) is 0 Å². The molecule has 0 aromatic rings. The van der Waals surface area contributed by atoms with Gasteiger partial charge in [0, 0.05) is 26.2 Å². The van der Waals surface area contributed by atoms with Crippen molar-refractivity contribution >= 4 is 284 Å². The van der Waals surface area contributed by atoms with Crippen LogP contribution in [0, 0.1) is 0 Å². The topological polar surface area (TPSA) is 311 Å². The van der Waals surface area contributed by atoms with Crippen LogP contribution in [0.2, 0.25) is 0 Å². The molecule has 20 nitrogen and oxygen atoms in total. The second-order valence-corrected chi connectivity index (χ2v) is 7.99. The van der Waals surface area contributed by atoms with Crippen LogP contribution in [0.1, 0.15) is 0 Å². The van der Waals surface area contributed by atoms with E-state index in [-0.39, 0.29) is 263 Å². The Morgan fingerprint density at radius 3 is 0.396 bits per heavy atom. The number of carbonyl (C=O) groups is 8. The quantitative estimate of drug-likeness (QED) is 0.0473. The van der Waals surface area contributed by atoms with Gasteiger partial charge in [-0.05, 0) is 0 Å². The summed E-state index contributed by atoms with van der Waals surface area (Å²) < 4.78 is 0. The van der Waals surface area contributed by atoms with Crippen molar-refractivity contribution in [3.63, 3.8) is 0 Å². The predicted octanol–water partition coefficient (Wildman–Crippen LogP) is -9.33. The number of hydrogen-bond acceptors (Lipinski definition) is 12. The van der Waals surface area contributed by atoms with Crippen molar-refractivity contribution in [1.29, 1.82) is 0 Å². The third-order valence-electron chi connectivity index (χ3n) is 4.34. The second-order valence-electron chi connectivity index (χ2n) is 7.99. The first kappa shape index (κ1) is 76.3. The molecule has 0 radical (unpaired) electrons. The number of nitrogens with zero attached hydrogens (tertiary/aromatic N) is 4. The number of carboxylic acid groups (broad SMARTS) is 8. The summed E-state index contributed by atoms with van der Waals surface area (Å²) in [5.74, 6) is -9.82. The first-order valence-corrected chi connectivity index (χ1v) is 11.0. The van der Waals surface area contributed by atoms with E-state index >= 15 is 0 Å². The molecule has 0 unspecified atom stereocenters. The third-order valence-corrected chi connectivity index (χ3v) is 4.34. The van der Waals surface area contributed by atoms with Crippen LogP contribution >= 0.6 is 0 Å². The summed E-state index contributed by atoms with van der Waals surface area (Å²) in [5, 5.41) is 68.9. The van der Waals surface area contributed by atoms with Crippen LogP contribution in [0.5, 0.6) is 0 Å². The summed E-state index contributed by atoms with van der Waals surface area (Å²) >= 11 is 0. The van der Waals surface area contributed by atoms with Crippen LogP contribution in [0.15, 0.2) is 0 Å². The van der Waals surface area contributed by atoms with Crippen LogP contribution in [0.3, 0.4) is 0 Å². The fourth-order valence-corrected chi connectivity index (χ4v) is 2.95. The van der Waals surface area contributed by atoms with E-state index in [4.69, 9.17) is 40.9 Å². The SMILES string of the molecule is O=C(O)CN(CCN(CC(=O)O)CC(=O)O)CC(=O)O.O=C(O)CN(CCN(CC(=O)O)CC(=O)O)CC(=O)O.[NaH].[NaH].[NaH].[NaH].[NaH].[NaH].[NaH].[NaH]. The fraction of sp³-hybridized carbons (Fsp3) is 0.600. The van der Waals surface area contributed by atoms with Gasteiger partial charge < -0.3 is 40.9 Å². The molecule has 0 aromatic heterocycles. The van der Waals surface area contributed by atoms with Crippen LogP contribution < -0.4 is 0 Å². The van der Waals surface area contributed by atoms with Gasteiger partial charge in [0.2, 0.25) is 0 Å². The Balaban J connectivity index is -0.0000000645. The molecule has 8 N–H and O–H groups in total. The molecule has 0 aliphatic rings. The average molecular weight is 776 g/mol. The molecule has 0 rings (SSSR count). The third kappa shape index (κ3) is 56.3. The van der Waals surface area contributed by atoms with Crippen LogP contribution in [0.4, 0.5) is 0 Å². The molecule has 0 aliphatic heterocycles. The Labute approximate surface area is 453 Å². The van der Waals surface area contributed by atoms with Crippen molar-refractivity contribution in [2.75, 3.05) is 78.5 Å². The summed E-state index contributed by atoms with van der Waals surface area (Å²) in [6, 6.07) is 0. The Kier molecular flexibility index (Phi) is 74.4. The van der Waals surface area contributed by atoms with Crippen molar-refractivity contribution in [3.05, 3.63) is 0 Å². The van der Waals surface area contributed by atoms with Crippen molar-refractivity contribution in [2.24, 2.45) is 0 Å². The minimum absolute atomic E-state index is 0. The van der Waals surface area contributed by atoms with E-state index < -0.39 is 100 Å². The molecular weight excluding hydrogens is 736 g/mol. The summed E-state index contributed by atoms with van der Waals surface area (Å²) in [6.45, 7) is -4.50. The molecule has 0 aliphatic carbocycles. The zero-order valence-electron chi connectivity index (χ0n) is 21.1. The van der Waals surface area contributed by atoms with Crippen molar-refractivity contribution in [2.45, 2.75) is 0 Å². The standard InChI is InChI=1S/2C10H16N2O8.8Na.8H/c2*13-7(14)3-11(4-8(15)16)1-2-12(5-9(17)18)6-10(19)20;;;;;;;;;;;;;;;;/h2*1-6H2,(H,13,14)(H,15,16)(H,17,18)(H,19,20);;;;;;;;;;;;;;;;. The molecular formula is C20H40N4Na8O16. The van der Waals surface area contributed by atoms with Crippen molar-refractivity contribution in [1.82, 2.24) is 19.6 Å². The van der Waals surface area contributed by atoms with Gasteiger partial charge in [0.1, 0.15) is 0 Å². The van der Waals surface area contributed by atoms with Gasteiger partial charge in [0.05, 0.1) is 52.4 Å². The van der Waals surface area contributed by atoms with Crippen LogP contribution in [-0.2, 0) is 38.4 Å². The van der Waals surface area contributed by atoms with Gasteiger partial charge in [-0.25, -0.2) is 0 Å². The van der Waals surface area contributed by atoms with Gasteiger partial charge in [-0.2, -0.15) is 0 Å². The van der Waals surface area contributed by atoms with Gasteiger partial charge in [0.25, 0.3) is 0 Å². The molecule has 0 heterocycles. The molecule has 0 amide bonds. The first-order valence-electron chi connectivity index (χ1n) is 11.0. The Hall–Kier alpha value is 3.60. The maximum absolute atomic E-state index is 10.6. The molecule has 0 saturated heterocycles. The predicted molar refractivity (Wildman–Crippen MR) is 184 cm³/mol. The summed E-state index contributed by atoms with van der Waals surface area (Å²) in [4.78, 5) is 88.7. The normalized spacial score (nSPS) is 8.92. The van der Waals surface area contributed by atoms with Gasteiger partial charge >= 0.3 is 284 Å². The van der Waals surface area contributed by atoms with Crippen molar-refractivity contribution < 1.29 is 79.2 Å². The number of rotatable bonds is 22. The Bertz CT molecular complexity index is 734. The molecule has 0 aromatic carbocycles. The van der Waals surface area contributed by atoms with Gasteiger partial charge in [-0.3, -0.25) is 58.0 Å². The van der Waals surface area contributed by atoms with Crippen molar-refractivity contribution in [3.8, 4) is 0 Å². The fourth-order valence-electron chi connectivity index (χ4n) is 2.95. The van der Waals surface area contributed by atoms with Gasteiger partial charge in [-0.15, -0.1) is 0 Å². The summed E-state index contributed by atoms with van der Waals surface area (Å²) in [7, 11) is 0.